The Bertz CT molecular complexity index is 1220. The molecule has 5 rings (SSSR count). The second kappa shape index (κ2) is 8.52. The van der Waals surface area contributed by atoms with Gasteiger partial charge in [-0.25, -0.2) is 0 Å². The number of carbonyl (C=O) groups excluding carboxylic acids is 3. The van der Waals surface area contributed by atoms with Crippen LogP contribution in [0.15, 0.2) is 54.6 Å². The van der Waals surface area contributed by atoms with Crippen LogP contribution in [0.1, 0.15) is 49.6 Å². The lowest BCUT2D eigenvalue weighted by molar-refractivity contribution is -0.133. The predicted octanol–water partition coefficient (Wildman–Crippen LogP) is 5.18. The number of nitrogens with zero attached hydrogens (tertiary/aromatic N) is 1. The molecular formula is C25H21ClN2O3S. The van der Waals surface area contributed by atoms with Crippen molar-refractivity contribution in [3.05, 3.63) is 86.8 Å². The average Bonchev–Trinajstić information content (AvgIpc) is 3.60. The molecule has 0 radical (unpaired) electrons. The van der Waals surface area contributed by atoms with Crippen LogP contribution >= 0.6 is 22.9 Å². The van der Waals surface area contributed by atoms with Crippen molar-refractivity contribution in [1.29, 1.82) is 0 Å². The van der Waals surface area contributed by atoms with Crippen molar-refractivity contribution in [3.8, 4) is 0 Å². The Morgan fingerprint density at radius 3 is 2.44 bits per heavy atom. The van der Waals surface area contributed by atoms with Crippen LogP contribution in [0.4, 0.5) is 5.00 Å². The first kappa shape index (κ1) is 20.9. The fourth-order valence-electron chi connectivity index (χ4n) is 4.05. The summed E-state index contributed by atoms with van der Waals surface area (Å²) in [6, 6.07) is 15.8. The number of nitrogens with one attached hydrogen (secondary N) is 1. The van der Waals surface area contributed by atoms with Gasteiger partial charge in [0.15, 0.2) is 5.78 Å². The largest absolute Gasteiger partial charge is 0.337 e. The van der Waals surface area contributed by atoms with Crippen molar-refractivity contribution in [1.82, 2.24) is 4.90 Å². The van der Waals surface area contributed by atoms with Gasteiger partial charge in [0, 0.05) is 28.5 Å². The number of fused-ring (bicyclic) bond motifs is 1. The Balaban J connectivity index is 1.53. The first-order chi connectivity index (χ1) is 15.5. The van der Waals surface area contributed by atoms with E-state index in [0.29, 0.717) is 46.2 Å². The van der Waals surface area contributed by atoms with Crippen LogP contribution in [-0.2, 0) is 17.8 Å². The number of halogens is 1. The lowest BCUT2D eigenvalue weighted by atomic mass is 9.96. The molecule has 0 saturated heterocycles. The van der Waals surface area contributed by atoms with Crippen LogP contribution in [0.3, 0.4) is 0 Å². The normalized spacial score (nSPS) is 15.2. The van der Waals surface area contributed by atoms with Crippen LogP contribution in [0.2, 0.25) is 5.02 Å². The first-order valence-electron chi connectivity index (χ1n) is 10.6. The number of hydrogen-bond acceptors (Lipinski definition) is 4. The molecule has 0 bridgehead atoms. The average molecular weight is 465 g/mol. The number of amides is 2. The van der Waals surface area contributed by atoms with Crippen LogP contribution in [0.25, 0.3) is 0 Å². The zero-order valence-corrected chi connectivity index (χ0v) is 18.8. The highest BCUT2D eigenvalue weighted by molar-refractivity contribution is 7.17. The Kier molecular flexibility index (Phi) is 5.57. The summed E-state index contributed by atoms with van der Waals surface area (Å²) in [5.41, 5.74) is 2.31. The van der Waals surface area contributed by atoms with Gasteiger partial charge in [-0.05, 0) is 49.1 Å². The van der Waals surface area contributed by atoms with Gasteiger partial charge in [0.25, 0.3) is 5.91 Å². The van der Waals surface area contributed by atoms with E-state index in [4.69, 9.17) is 11.6 Å². The van der Waals surface area contributed by atoms with Crippen molar-refractivity contribution in [2.24, 2.45) is 5.92 Å². The zero-order valence-electron chi connectivity index (χ0n) is 17.3. The van der Waals surface area contributed by atoms with E-state index >= 15 is 0 Å². The molecule has 7 heteroatoms. The quantitative estimate of drug-likeness (QED) is 0.529. The molecule has 0 unspecified atom stereocenters. The molecule has 162 valence electrons. The lowest BCUT2D eigenvalue weighted by Crippen LogP contribution is -2.36. The topological polar surface area (TPSA) is 66.5 Å². The summed E-state index contributed by atoms with van der Waals surface area (Å²) in [5.74, 6) is -0.141. The summed E-state index contributed by atoms with van der Waals surface area (Å²) in [4.78, 5) is 41.9. The molecule has 1 aliphatic heterocycles. The number of thiophene rings is 1. The molecule has 32 heavy (non-hydrogen) atoms. The minimum atomic E-state index is -0.275. The van der Waals surface area contributed by atoms with Gasteiger partial charge in [-0.3, -0.25) is 14.4 Å². The van der Waals surface area contributed by atoms with Crippen LogP contribution in [0, 0.1) is 5.92 Å². The molecule has 0 spiro atoms. The van der Waals surface area contributed by atoms with E-state index in [9.17, 15) is 14.4 Å². The Labute approximate surface area is 195 Å². The summed E-state index contributed by atoms with van der Waals surface area (Å²) in [5, 5.41) is 3.83. The molecule has 0 atom stereocenters. The van der Waals surface area contributed by atoms with Crippen LogP contribution < -0.4 is 5.32 Å². The van der Waals surface area contributed by atoms with E-state index in [1.807, 2.05) is 11.0 Å². The van der Waals surface area contributed by atoms with E-state index < -0.39 is 0 Å². The first-order valence-corrected chi connectivity index (χ1v) is 11.8. The fourth-order valence-corrected chi connectivity index (χ4v) is 5.53. The Hall–Kier alpha value is -2.96. The van der Waals surface area contributed by atoms with Gasteiger partial charge in [-0.1, -0.05) is 41.9 Å². The van der Waals surface area contributed by atoms with Gasteiger partial charge in [0.05, 0.1) is 17.1 Å². The molecule has 3 aromatic rings. The SMILES string of the molecule is O=C(Nc1sc2c(c1C(=O)c1ccccc1Cl)CCN(C(=O)C1CC1)C2)c1ccccc1. The van der Waals surface area contributed by atoms with Crippen LogP contribution in [-0.4, -0.2) is 29.0 Å². The van der Waals surface area contributed by atoms with E-state index in [1.54, 1.807) is 48.5 Å². The molecule has 2 aromatic carbocycles. The standard InChI is InChI=1S/C25H21ClN2O3S/c26-19-9-5-4-8-17(19)22(29)21-18-12-13-28(25(31)16-10-11-16)14-20(18)32-24(21)27-23(30)15-6-2-1-3-7-15/h1-9,16H,10-14H2,(H,27,30). The summed E-state index contributed by atoms with van der Waals surface area (Å²) < 4.78 is 0. The molecule has 5 nitrogen and oxygen atoms in total. The minimum absolute atomic E-state index is 0.151. The van der Waals surface area contributed by atoms with E-state index in [-0.39, 0.29) is 23.5 Å². The second-order valence-corrected chi connectivity index (χ2v) is 9.63. The number of anilines is 1. The molecule has 1 aliphatic carbocycles. The highest BCUT2D eigenvalue weighted by atomic mass is 35.5. The third-order valence-corrected chi connectivity index (χ3v) is 7.37. The van der Waals surface area contributed by atoms with Crippen molar-refractivity contribution in [2.75, 3.05) is 11.9 Å². The van der Waals surface area contributed by atoms with Gasteiger partial charge in [-0.2, -0.15) is 0 Å². The van der Waals surface area contributed by atoms with E-state index in [0.717, 1.165) is 23.3 Å². The smallest absolute Gasteiger partial charge is 0.256 e. The number of hydrogen-bond donors (Lipinski definition) is 1. The summed E-state index contributed by atoms with van der Waals surface area (Å²) >= 11 is 7.70. The molecule has 2 heterocycles. The van der Waals surface area contributed by atoms with E-state index in [2.05, 4.69) is 5.32 Å². The molecule has 1 aromatic heterocycles. The maximum absolute atomic E-state index is 13.6. The third kappa shape index (κ3) is 3.96. The number of ketones is 1. The molecule has 2 aliphatic rings. The minimum Gasteiger partial charge on any atom is -0.337 e. The predicted molar refractivity (Wildman–Crippen MR) is 125 cm³/mol. The van der Waals surface area contributed by atoms with Crippen molar-refractivity contribution in [3.63, 3.8) is 0 Å². The zero-order chi connectivity index (χ0) is 22.2. The summed E-state index contributed by atoms with van der Waals surface area (Å²) in [6.45, 7) is 1.05. The second-order valence-electron chi connectivity index (χ2n) is 8.12. The van der Waals surface area contributed by atoms with E-state index in [1.165, 1.54) is 11.3 Å². The van der Waals surface area contributed by atoms with Gasteiger partial charge >= 0.3 is 0 Å². The van der Waals surface area contributed by atoms with Gasteiger partial charge in [0.2, 0.25) is 5.91 Å². The Morgan fingerprint density at radius 1 is 1.00 bits per heavy atom. The maximum atomic E-state index is 13.6. The van der Waals surface area contributed by atoms with Crippen molar-refractivity contribution < 1.29 is 14.4 Å². The highest BCUT2D eigenvalue weighted by Gasteiger charge is 2.37. The van der Waals surface area contributed by atoms with Gasteiger partial charge in [-0.15, -0.1) is 11.3 Å². The van der Waals surface area contributed by atoms with Gasteiger partial charge in [0.1, 0.15) is 5.00 Å². The summed E-state index contributed by atoms with van der Waals surface area (Å²) in [7, 11) is 0. The number of rotatable bonds is 5. The summed E-state index contributed by atoms with van der Waals surface area (Å²) in [6.07, 6.45) is 2.50. The number of benzene rings is 2. The fraction of sp³-hybridized carbons (Fsp3) is 0.240. The maximum Gasteiger partial charge on any atom is 0.256 e. The van der Waals surface area contributed by atoms with Crippen LogP contribution in [0.5, 0.6) is 0 Å². The molecular weight excluding hydrogens is 444 g/mol. The molecule has 1 N–H and O–H groups in total. The highest BCUT2D eigenvalue weighted by Crippen LogP contribution is 2.41. The van der Waals surface area contributed by atoms with Crippen molar-refractivity contribution >= 4 is 45.5 Å². The molecule has 2 amide bonds. The molecule has 1 fully saturated rings. The Morgan fingerprint density at radius 2 is 1.72 bits per heavy atom. The third-order valence-electron chi connectivity index (χ3n) is 5.90. The monoisotopic (exact) mass is 464 g/mol. The van der Waals surface area contributed by atoms with Crippen molar-refractivity contribution in [2.45, 2.75) is 25.8 Å². The number of carbonyl (C=O) groups is 3. The van der Waals surface area contributed by atoms with Gasteiger partial charge < -0.3 is 10.2 Å². The molecule has 1 saturated carbocycles. The lowest BCUT2D eigenvalue weighted by Gasteiger charge is -2.27.